The van der Waals surface area contributed by atoms with Crippen molar-refractivity contribution in [2.75, 3.05) is 23.8 Å². The number of anilines is 2. The minimum Gasteiger partial charge on any atom is -0.512 e. The quantitative estimate of drug-likeness (QED) is 0.273. The Morgan fingerprint density at radius 1 is 1.20 bits per heavy atom. The molecule has 1 rings (SSSR count). The highest BCUT2D eigenvalue weighted by Gasteiger charge is 2.10. The first-order chi connectivity index (χ1) is 11.8. The molecule has 0 aliphatic carbocycles. The van der Waals surface area contributed by atoms with Crippen LogP contribution in [0.1, 0.15) is 5.56 Å². The molecule has 1 aromatic rings. The largest absolute Gasteiger partial charge is 0.512 e. The van der Waals surface area contributed by atoms with Crippen LogP contribution >= 0.6 is 0 Å². The van der Waals surface area contributed by atoms with Gasteiger partial charge in [-0.25, -0.2) is 4.79 Å². The molecule has 0 spiro atoms. The Labute approximate surface area is 143 Å². The van der Waals surface area contributed by atoms with Gasteiger partial charge in [-0.15, -0.1) is 0 Å². The monoisotopic (exact) mass is 356 g/mol. The summed E-state index contributed by atoms with van der Waals surface area (Å²) in [5.74, 6) is -0.974. The average Bonchev–Trinajstić information content (AvgIpc) is 2.60. The third-order valence-electron chi connectivity index (χ3n) is 2.80. The first-order valence-electron chi connectivity index (χ1n) is 7.00. The van der Waals surface area contributed by atoms with Crippen molar-refractivity contribution in [2.24, 2.45) is 0 Å². The van der Waals surface area contributed by atoms with Gasteiger partial charge in [0.1, 0.15) is 19.1 Å². The molecule has 1 unspecified atom stereocenters. The van der Waals surface area contributed by atoms with Crippen molar-refractivity contribution in [3.8, 4) is 0 Å². The van der Waals surface area contributed by atoms with E-state index in [1.165, 1.54) is 6.07 Å². The Bertz CT molecular complexity index is 644. The number of carbonyl (C=O) groups excluding carboxylic acids is 1. The summed E-state index contributed by atoms with van der Waals surface area (Å²) in [7, 11) is 0. The zero-order valence-corrected chi connectivity index (χ0v) is 13.3. The van der Waals surface area contributed by atoms with E-state index >= 15 is 0 Å². The van der Waals surface area contributed by atoms with Crippen molar-refractivity contribution in [3.05, 3.63) is 47.8 Å². The van der Waals surface area contributed by atoms with E-state index in [1.54, 1.807) is 19.1 Å². The maximum absolute atomic E-state index is 11.6. The SMILES string of the molecule is Cc1ccc(NC(O)OCC(O)=CO)cc1NC(=O)OCC(O)=CO. The number of amides is 1. The molecule has 10 nitrogen and oxygen atoms in total. The molecule has 0 heterocycles. The van der Waals surface area contributed by atoms with E-state index in [0.29, 0.717) is 29.5 Å². The summed E-state index contributed by atoms with van der Waals surface area (Å²) in [6.45, 7) is 0.824. The first kappa shape index (κ1) is 19.9. The van der Waals surface area contributed by atoms with E-state index in [2.05, 4.69) is 15.4 Å². The summed E-state index contributed by atoms with van der Waals surface area (Å²) < 4.78 is 9.49. The molecule has 0 bridgehead atoms. The van der Waals surface area contributed by atoms with Gasteiger partial charge in [0.15, 0.2) is 18.1 Å². The third kappa shape index (κ3) is 7.33. The molecular weight excluding hydrogens is 336 g/mol. The minimum absolute atomic E-state index is 0.368. The summed E-state index contributed by atoms with van der Waals surface area (Å²) in [5, 5.41) is 49.6. The van der Waals surface area contributed by atoms with E-state index in [9.17, 15) is 9.90 Å². The lowest BCUT2D eigenvalue weighted by atomic mass is 10.2. The van der Waals surface area contributed by atoms with Crippen molar-refractivity contribution in [1.82, 2.24) is 0 Å². The van der Waals surface area contributed by atoms with Gasteiger partial charge in [-0.05, 0) is 24.6 Å². The van der Waals surface area contributed by atoms with E-state index in [4.69, 9.17) is 25.2 Å². The van der Waals surface area contributed by atoms with E-state index in [1.807, 2.05) is 0 Å². The van der Waals surface area contributed by atoms with E-state index in [-0.39, 0.29) is 0 Å². The molecule has 1 amide bonds. The van der Waals surface area contributed by atoms with Crippen LogP contribution in [0.25, 0.3) is 0 Å². The van der Waals surface area contributed by atoms with Gasteiger partial charge in [0, 0.05) is 11.4 Å². The molecule has 0 radical (unpaired) electrons. The molecule has 1 atom stereocenters. The summed E-state index contributed by atoms with van der Waals surface area (Å²) >= 11 is 0. The summed E-state index contributed by atoms with van der Waals surface area (Å²) in [6.07, 6.45) is -1.48. The molecule has 7 N–H and O–H groups in total. The van der Waals surface area contributed by atoms with Gasteiger partial charge in [0.2, 0.25) is 6.41 Å². The fourth-order valence-corrected chi connectivity index (χ4v) is 1.56. The summed E-state index contributed by atoms with van der Waals surface area (Å²) in [5.41, 5.74) is 1.45. The predicted molar refractivity (Wildman–Crippen MR) is 88.4 cm³/mol. The maximum Gasteiger partial charge on any atom is 0.412 e. The van der Waals surface area contributed by atoms with Crippen LogP contribution in [0.15, 0.2) is 42.2 Å². The Morgan fingerprint density at radius 3 is 2.48 bits per heavy atom. The van der Waals surface area contributed by atoms with Crippen LogP contribution in [-0.2, 0) is 9.47 Å². The fourth-order valence-electron chi connectivity index (χ4n) is 1.56. The number of hydrogen-bond donors (Lipinski definition) is 7. The molecule has 138 valence electrons. The second-order valence-electron chi connectivity index (χ2n) is 4.78. The number of aryl methyl sites for hydroxylation is 1. The highest BCUT2D eigenvalue weighted by molar-refractivity contribution is 5.86. The zero-order chi connectivity index (χ0) is 18.8. The number of aliphatic hydroxyl groups is 5. The lowest BCUT2D eigenvalue weighted by molar-refractivity contribution is -0.0766. The smallest absolute Gasteiger partial charge is 0.412 e. The van der Waals surface area contributed by atoms with Crippen LogP contribution in [0.4, 0.5) is 16.2 Å². The minimum atomic E-state index is -1.48. The van der Waals surface area contributed by atoms with Crippen molar-refractivity contribution in [1.29, 1.82) is 0 Å². The lowest BCUT2D eigenvalue weighted by Gasteiger charge is -2.16. The molecule has 25 heavy (non-hydrogen) atoms. The first-order valence-corrected chi connectivity index (χ1v) is 7.00. The Hall–Kier alpha value is -3.11. The van der Waals surface area contributed by atoms with Crippen LogP contribution in [0, 0.1) is 6.92 Å². The van der Waals surface area contributed by atoms with Crippen LogP contribution in [0.3, 0.4) is 0 Å². The van der Waals surface area contributed by atoms with Crippen LogP contribution < -0.4 is 10.6 Å². The van der Waals surface area contributed by atoms with Gasteiger partial charge >= 0.3 is 6.09 Å². The van der Waals surface area contributed by atoms with Gasteiger partial charge < -0.3 is 40.3 Å². The molecule has 0 saturated carbocycles. The Kier molecular flexibility index (Phi) is 7.90. The molecule has 0 saturated heterocycles. The standard InChI is InChI=1S/C15H20N2O8/c1-9-2-3-10(16-14(22)24-7-11(20)5-18)4-13(9)17-15(23)25-8-12(21)6-19/h2-6,14,16,18-22H,7-8H2,1H3,(H,17,23). The summed E-state index contributed by atoms with van der Waals surface area (Å²) in [4.78, 5) is 11.6. The van der Waals surface area contributed by atoms with Gasteiger partial charge in [-0.2, -0.15) is 0 Å². The number of nitrogens with one attached hydrogen (secondary N) is 2. The number of carbonyl (C=O) groups is 1. The average molecular weight is 356 g/mol. The molecule has 1 aromatic carbocycles. The molecule has 0 aromatic heterocycles. The molecular formula is C15H20N2O8. The molecule has 0 aliphatic heterocycles. The van der Waals surface area contributed by atoms with Crippen molar-refractivity contribution >= 4 is 17.5 Å². The number of benzene rings is 1. The lowest BCUT2D eigenvalue weighted by Crippen LogP contribution is -2.23. The molecule has 0 aliphatic rings. The second-order valence-corrected chi connectivity index (χ2v) is 4.78. The van der Waals surface area contributed by atoms with Gasteiger partial charge in [-0.1, -0.05) is 6.07 Å². The molecule has 10 heteroatoms. The van der Waals surface area contributed by atoms with Gasteiger partial charge in [0.05, 0.1) is 0 Å². The summed E-state index contributed by atoms with van der Waals surface area (Å²) in [6, 6.07) is 4.76. The van der Waals surface area contributed by atoms with Crippen LogP contribution in [0.5, 0.6) is 0 Å². The van der Waals surface area contributed by atoms with Crippen molar-refractivity contribution < 1.29 is 39.8 Å². The van der Waals surface area contributed by atoms with Crippen LogP contribution in [-0.4, -0.2) is 51.3 Å². The Morgan fingerprint density at radius 2 is 1.84 bits per heavy atom. The fraction of sp³-hybridized carbons (Fsp3) is 0.267. The predicted octanol–water partition coefficient (Wildman–Crippen LogP) is 2.16. The van der Waals surface area contributed by atoms with Crippen LogP contribution in [0.2, 0.25) is 0 Å². The molecule has 0 fully saturated rings. The van der Waals surface area contributed by atoms with E-state index < -0.39 is 37.2 Å². The number of ether oxygens (including phenoxy) is 2. The number of hydrogen-bond acceptors (Lipinski definition) is 9. The highest BCUT2D eigenvalue weighted by atomic mass is 16.6. The van der Waals surface area contributed by atoms with Crippen molar-refractivity contribution in [2.45, 2.75) is 13.3 Å². The maximum atomic E-state index is 11.6. The third-order valence-corrected chi connectivity index (χ3v) is 2.80. The number of rotatable bonds is 8. The Balaban J connectivity index is 2.64. The van der Waals surface area contributed by atoms with Gasteiger partial charge in [0.25, 0.3) is 0 Å². The normalized spacial score (nSPS) is 13.2. The zero-order valence-electron chi connectivity index (χ0n) is 13.3. The number of aliphatic hydroxyl groups excluding tert-OH is 5. The van der Waals surface area contributed by atoms with E-state index in [0.717, 1.165) is 0 Å². The second kappa shape index (κ2) is 9.90. The highest BCUT2D eigenvalue weighted by Crippen LogP contribution is 2.21. The van der Waals surface area contributed by atoms with Gasteiger partial charge in [-0.3, -0.25) is 5.32 Å². The topological polar surface area (TPSA) is 161 Å². The van der Waals surface area contributed by atoms with Crippen molar-refractivity contribution in [3.63, 3.8) is 0 Å².